The van der Waals surface area contributed by atoms with Gasteiger partial charge >= 0.3 is 0 Å². The SMILES string of the molecule is COc1cccc(-c2nc(-c3cccc(C)n3)nc3cccc(C)c23)c1. The van der Waals surface area contributed by atoms with Crippen LogP contribution in [0.1, 0.15) is 11.3 Å². The van der Waals surface area contributed by atoms with E-state index in [-0.39, 0.29) is 0 Å². The number of pyridine rings is 1. The lowest BCUT2D eigenvalue weighted by Crippen LogP contribution is -1.98. The molecule has 0 fully saturated rings. The van der Waals surface area contributed by atoms with E-state index >= 15 is 0 Å². The van der Waals surface area contributed by atoms with Crippen LogP contribution in [0.25, 0.3) is 33.7 Å². The number of rotatable bonds is 3. The Morgan fingerprint density at radius 1 is 0.808 bits per heavy atom. The Balaban J connectivity index is 2.03. The monoisotopic (exact) mass is 341 g/mol. The van der Waals surface area contributed by atoms with Gasteiger partial charge in [-0.15, -0.1) is 0 Å². The standard InChI is InChI=1S/C22H19N3O/c1-14-7-4-11-18-20(14)21(16-9-6-10-17(13-16)26-3)25-22(24-18)19-12-5-8-15(2)23-19/h4-13H,1-3H3. The van der Waals surface area contributed by atoms with Gasteiger partial charge in [0.25, 0.3) is 0 Å². The fourth-order valence-electron chi connectivity index (χ4n) is 3.12. The molecular formula is C22H19N3O. The van der Waals surface area contributed by atoms with Crippen molar-refractivity contribution >= 4 is 10.9 Å². The molecule has 0 aliphatic heterocycles. The zero-order valence-corrected chi connectivity index (χ0v) is 15.0. The molecule has 2 heterocycles. The summed E-state index contributed by atoms with van der Waals surface area (Å²) in [7, 11) is 1.67. The zero-order valence-electron chi connectivity index (χ0n) is 15.0. The Morgan fingerprint density at radius 2 is 1.62 bits per heavy atom. The van der Waals surface area contributed by atoms with E-state index in [1.807, 2.05) is 61.5 Å². The topological polar surface area (TPSA) is 47.9 Å². The Hall–Kier alpha value is -3.27. The number of hydrogen-bond donors (Lipinski definition) is 0. The first kappa shape index (κ1) is 16.2. The predicted octanol–water partition coefficient (Wildman–Crippen LogP) is 4.98. The summed E-state index contributed by atoms with van der Waals surface area (Å²) in [4.78, 5) is 14.3. The zero-order chi connectivity index (χ0) is 18.1. The molecule has 0 unspecified atom stereocenters. The van der Waals surface area contributed by atoms with Gasteiger partial charge in [-0.1, -0.05) is 30.3 Å². The summed E-state index contributed by atoms with van der Waals surface area (Å²) >= 11 is 0. The summed E-state index contributed by atoms with van der Waals surface area (Å²) in [6.45, 7) is 4.05. The number of hydrogen-bond acceptors (Lipinski definition) is 4. The van der Waals surface area contributed by atoms with Crippen molar-refractivity contribution in [2.24, 2.45) is 0 Å². The second-order valence-electron chi connectivity index (χ2n) is 6.26. The van der Waals surface area contributed by atoms with Crippen molar-refractivity contribution in [3.63, 3.8) is 0 Å². The molecule has 26 heavy (non-hydrogen) atoms. The van der Waals surface area contributed by atoms with E-state index in [0.29, 0.717) is 5.82 Å². The van der Waals surface area contributed by atoms with Crippen molar-refractivity contribution < 1.29 is 4.74 Å². The van der Waals surface area contributed by atoms with Gasteiger partial charge in [-0.25, -0.2) is 15.0 Å². The molecule has 4 aromatic rings. The number of nitrogens with zero attached hydrogens (tertiary/aromatic N) is 3. The molecule has 4 nitrogen and oxygen atoms in total. The van der Waals surface area contributed by atoms with Crippen LogP contribution in [-0.2, 0) is 0 Å². The average Bonchev–Trinajstić information content (AvgIpc) is 2.67. The molecule has 2 aromatic carbocycles. The van der Waals surface area contributed by atoms with Crippen molar-refractivity contribution in [1.29, 1.82) is 0 Å². The minimum Gasteiger partial charge on any atom is -0.497 e. The maximum atomic E-state index is 5.39. The fraction of sp³-hybridized carbons (Fsp3) is 0.136. The van der Waals surface area contributed by atoms with Gasteiger partial charge in [0.15, 0.2) is 5.82 Å². The molecule has 0 aliphatic rings. The maximum absolute atomic E-state index is 5.39. The first-order valence-electron chi connectivity index (χ1n) is 8.51. The molecule has 0 saturated carbocycles. The van der Waals surface area contributed by atoms with Crippen molar-refractivity contribution in [1.82, 2.24) is 15.0 Å². The Bertz CT molecular complexity index is 1110. The number of fused-ring (bicyclic) bond motifs is 1. The van der Waals surface area contributed by atoms with Crippen molar-refractivity contribution in [3.05, 3.63) is 71.9 Å². The van der Waals surface area contributed by atoms with Crippen LogP contribution in [0, 0.1) is 13.8 Å². The number of benzene rings is 2. The van der Waals surface area contributed by atoms with Gasteiger partial charge < -0.3 is 4.74 Å². The van der Waals surface area contributed by atoms with E-state index in [4.69, 9.17) is 14.7 Å². The Kier molecular flexibility index (Phi) is 4.09. The average molecular weight is 341 g/mol. The van der Waals surface area contributed by atoms with Crippen LogP contribution in [0.2, 0.25) is 0 Å². The first-order chi connectivity index (χ1) is 12.7. The summed E-state index contributed by atoms with van der Waals surface area (Å²) in [6.07, 6.45) is 0. The van der Waals surface area contributed by atoms with E-state index < -0.39 is 0 Å². The third-order valence-electron chi connectivity index (χ3n) is 4.39. The van der Waals surface area contributed by atoms with Gasteiger partial charge in [0.05, 0.1) is 18.3 Å². The lowest BCUT2D eigenvalue weighted by Gasteiger charge is -2.12. The molecule has 0 bridgehead atoms. The van der Waals surface area contributed by atoms with Crippen LogP contribution >= 0.6 is 0 Å². The summed E-state index contributed by atoms with van der Waals surface area (Å²) in [5.41, 5.74) is 5.67. The molecular weight excluding hydrogens is 322 g/mol. The highest BCUT2D eigenvalue weighted by Crippen LogP contribution is 2.32. The van der Waals surface area contributed by atoms with Crippen LogP contribution in [-0.4, -0.2) is 22.1 Å². The summed E-state index contributed by atoms with van der Waals surface area (Å²) < 4.78 is 5.39. The second-order valence-corrected chi connectivity index (χ2v) is 6.26. The Morgan fingerprint density at radius 3 is 2.42 bits per heavy atom. The highest BCUT2D eigenvalue weighted by atomic mass is 16.5. The minimum absolute atomic E-state index is 0.629. The molecule has 0 radical (unpaired) electrons. The summed E-state index contributed by atoms with van der Waals surface area (Å²) in [5, 5.41) is 1.05. The highest BCUT2D eigenvalue weighted by molar-refractivity contribution is 5.96. The summed E-state index contributed by atoms with van der Waals surface area (Å²) in [6, 6.07) is 20.0. The van der Waals surface area contributed by atoms with Gasteiger partial charge in [-0.3, -0.25) is 0 Å². The third kappa shape index (κ3) is 2.90. The molecule has 0 aliphatic carbocycles. The van der Waals surface area contributed by atoms with Crippen molar-refractivity contribution in [2.45, 2.75) is 13.8 Å². The van der Waals surface area contributed by atoms with E-state index in [1.54, 1.807) is 7.11 Å². The quantitative estimate of drug-likeness (QED) is 0.527. The van der Waals surface area contributed by atoms with Crippen LogP contribution in [0.4, 0.5) is 0 Å². The van der Waals surface area contributed by atoms with Gasteiger partial charge in [0.1, 0.15) is 11.4 Å². The molecule has 0 saturated heterocycles. The van der Waals surface area contributed by atoms with Gasteiger partial charge in [0, 0.05) is 16.6 Å². The number of aryl methyl sites for hydroxylation is 2. The molecule has 0 N–H and O–H groups in total. The van der Waals surface area contributed by atoms with Crippen LogP contribution in [0.15, 0.2) is 60.7 Å². The minimum atomic E-state index is 0.629. The predicted molar refractivity (Wildman–Crippen MR) is 104 cm³/mol. The first-order valence-corrected chi connectivity index (χ1v) is 8.51. The molecule has 128 valence electrons. The second kappa shape index (κ2) is 6.56. The number of methoxy groups -OCH3 is 1. The van der Waals surface area contributed by atoms with Crippen LogP contribution in [0.5, 0.6) is 5.75 Å². The van der Waals surface area contributed by atoms with E-state index in [2.05, 4.69) is 18.0 Å². The number of ether oxygens (including phenoxy) is 1. The maximum Gasteiger partial charge on any atom is 0.179 e. The Labute approximate surface area is 152 Å². The molecule has 2 aromatic heterocycles. The molecule has 0 amide bonds. The van der Waals surface area contributed by atoms with E-state index in [9.17, 15) is 0 Å². The fourth-order valence-corrected chi connectivity index (χ4v) is 3.12. The number of aromatic nitrogens is 3. The smallest absolute Gasteiger partial charge is 0.179 e. The van der Waals surface area contributed by atoms with Gasteiger partial charge in [-0.2, -0.15) is 0 Å². The lowest BCUT2D eigenvalue weighted by atomic mass is 10.0. The van der Waals surface area contributed by atoms with Crippen molar-refractivity contribution in [3.8, 4) is 28.5 Å². The molecule has 0 spiro atoms. The van der Waals surface area contributed by atoms with E-state index in [0.717, 1.165) is 44.9 Å². The normalized spacial score (nSPS) is 10.9. The summed E-state index contributed by atoms with van der Waals surface area (Å²) in [5.74, 6) is 1.43. The van der Waals surface area contributed by atoms with E-state index in [1.165, 1.54) is 0 Å². The largest absolute Gasteiger partial charge is 0.497 e. The van der Waals surface area contributed by atoms with Gasteiger partial charge in [0.2, 0.25) is 0 Å². The lowest BCUT2D eigenvalue weighted by molar-refractivity contribution is 0.415. The molecule has 4 heteroatoms. The van der Waals surface area contributed by atoms with Crippen LogP contribution < -0.4 is 4.74 Å². The highest BCUT2D eigenvalue weighted by Gasteiger charge is 2.14. The van der Waals surface area contributed by atoms with Crippen LogP contribution in [0.3, 0.4) is 0 Å². The van der Waals surface area contributed by atoms with Crippen molar-refractivity contribution in [2.75, 3.05) is 7.11 Å². The molecule has 4 rings (SSSR count). The molecule has 0 atom stereocenters. The van der Waals surface area contributed by atoms with Gasteiger partial charge in [-0.05, 0) is 49.7 Å². The third-order valence-corrected chi connectivity index (χ3v) is 4.39.